The van der Waals surface area contributed by atoms with Crippen LogP contribution in [0.2, 0.25) is 36.3 Å². The van der Waals surface area contributed by atoms with Crippen molar-refractivity contribution in [2.24, 2.45) is 0 Å². The molecule has 0 fully saturated rings. The number of hydrogen-bond acceptors (Lipinski definition) is 0. The third-order valence-electron chi connectivity index (χ3n) is 6.60. The van der Waals surface area contributed by atoms with Gasteiger partial charge in [-0.3, -0.25) is 0 Å². The zero-order chi connectivity index (χ0) is 20.4. The van der Waals surface area contributed by atoms with Crippen molar-refractivity contribution in [1.29, 1.82) is 0 Å². The lowest BCUT2D eigenvalue weighted by atomic mass is 10.4. The molecule has 0 atom stereocenters. The average Bonchev–Trinajstić information content (AvgIpc) is 2.69. The first kappa shape index (κ1) is 27.7. The van der Waals surface area contributed by atoms with Crippen LogP contribution in [0, 0.1) is 0 Å². The van der Waals surface area contributed by atoms with E-state index in [9.17, 15) is 0 Å². The van der Waals surface area contributed by atoms with E-state index >= 15 is 0 Å². The van der Waals surface area contributed by atoms with Gasteiger partial charge in [0.25, 0.3) is 0 Å². The SMILES string of the molecule is CCCC[Si](CCCC)[Si](CCCC)(CCCC)[Si](CCCC)CCCC. The average molecular weight is 427 g/mol. The molecule has 27 heavy (non-hydrogen) atoms. The molecule has 0 saturated carbocycles. The summed E-state index contributed by atoms with van der Waals surface area (Å²) in [6.07, 6.45) is 17.9. The fourth-order valence-corrected chi connectivity index (χ4v) is 39.1. The second kappa shape index (κ2) is 18.7. The summed E-state index contributed by atoms with van der Waals surface area (Å²) in [6, 6.07) is 10.2. The summed E-state index contributed by atoms with van der Waals surface area (Å²) in [5, 5.41) is 0. The highest BCUT2D eigenvalue weighted by molar-refractivity contribution is 7.60. The van der Waals surface area contributed by atoms with Gasteiger partial charge in [-0.15, -0.1) is 0 Å². The highest BCUT2D eigenvalue weighted by atomic mass is 29.6. The van der Waals surface area contributed by atoms with Crippen LogP contribution in [0.4, 0.5) is 0 Å². The number of hydrogen-bond donors (Lipinski definition) is 0. The van der Waals surface area contributed by atoms with Crippen molar-refractivity contribution in [3.8, 4) is 0 Å². The van der Waals surface area contributed by atoms with Gasteiger partial charge in [0.05, 0.1) is 0 Å². The van der Waals surface area contributed by atoms with Crippen molar-refractivity contribution >= 4 is 23.7 Å². The van der Waals surface area contributed by atoms with Gasteiger partial charge < -0.3 is 0 Å². The Morgan fingerprint density at radius 3 is 0.889 bits per heavy atom. The minimum atomic E-state index is -1.04. The summed E-state index contributed by atoms with van der Waals surface area (Å²) in [6.45, 7) is 14.6. The van der Waals surface area contributed by atoms with Gasteiger partial charge >= 0.3 is 0 Å². The van der Waals surface area contributed by atoms with E-state index in [0.717, 1.165) is 0 Å². The van der Waals surface area contributed by atoms with Gasteiger partial charge in [0, 0.05) is 23.7 Å². The first-order valence-electron chi connectivity index (χ1n) is 12.9. The predicted octanol–water partition coefficient (Wildman–Crippen LogP) is 9.38. The van der Waals surface area contributed by atoms with Crippen molar-refractivity contribution < 1.29 is 0 Å². The van der Waals surface area contributed by atoms with Gasteiger partial charge in [-0.05, 0) is 0 Å². The lowest BCUT2D eigenvalue weighted by Crippen LogP contribution is -2.62. The third-order valence-corrected chi connectivity index (χ3v) is 36.0. The molecule has 0 heterocycles. The minimum absolute atomic E-state index is 0.0868. The Balaban J connectivity index is 5.83. The van der Waals surface area contributed by atoms with Crippen LogP contribution in [-0.4, -0.2) is 23.7 Å². The van der Waals surface area contributed by atoms with Crippen LogP contribution in [0.3, 0.4) is 0 Å². The van der Waals surface area contributed by atoms with Crippen molar-refractivity contribution in [3.63, 3.8) is 0 Å². The Morgan fingerprint density at radius 1 is 0.407 bits per heavy atom. The smallest absolute Gasteiger partial charge is 0.0377 e. The summed E-state index contributed by atoms with van der Waals surface area (Å²) in [7, 11) is -1.22. The number of unbranched alkanes of at least 4 members (excludes halogenated alkanes) is 6. The third kappa shape index (κ3) is 10.8. The van der Waals surface area contributed by atoms with Gasteiger partial charge in [-0.2, -0.15) is 0 Å². The maximum Gasteiger partial charge on any atom is 0.0377 e. The molecule has 0 saturated heterocycles. The van der Waals surface area contributed by atoms with E-state index in [1.54, 1.807) is 74.8 Å². The van der Waals surface area contributed by atoms with Gasteiger partial charge in [0.2, 0.25) is 0 Å². The second-order valence-corrected chi connectivity index (χ2v) is 28.0. The van der Waals surface area contributed by atoms with Crippen LogP contribution < -0.4 is 0 Å². The lowest BCUT2D eigenvalue weighted by molar-refractivity contribution is 0.820. The zero-order valence-electron chi connectivity index (χ0n) is 20.2. The van der Waals surface area contributed by atoms with Crippen LogP contribution in [0.25, 0.3) is 0 Å². The van der Waals surface area contributed by atoms with Gasteiger partial charge in [-0.1, -0.05) is 155 Å². The predicted molar refractivity (Wildman–Crippen MR) is 136 cm³/mol. The van der Waals surface area contributed by atoms with Crippen molar-refractivity contribution in [2.75, 3.05) is 0 Å². The monoisotopic (exact) mass is 426 g/mol. The highest BCUT2D eigenvalue weighted by Gasteiger charge is 2.46. The summed E-state index contributed by atoms with van der Waals surface area (Å²) >= 11 is 0. The quantitative estimate of drug-likeness (QED) is 0.170. The van der Waals surface area contributed by atoms with Gasteiger partial charge in [-0.25, -0.2) is 0 Å². The Hall–Kier alpha value is 0.651. The largest absolute Gasteiger partial charge is 0.0654 e. The van der Waals surface area contributed by atoms with Gasteiger partial charge in [0.15, 0.2) is 0 Å². The Morgan fingerprint density at radius 2 is 0.667 bits per heavy atom. The summed E-state index contributed by atoms with van der Waals surface area (Å²) in [5.41, 5.74) is 0. The van der Waals surface area contributed by atoms with E-state index in [1.165, 1.54) is 38.5 Å². The molecule has 0 spiro atoms. The first-order chi connectivity index (χ1) is 13.2. The summed E-state index contributed by atoms with van der Waals surface area (Å²) < 4.78 is 0. The molecule has 162 valence electrons. The molecule has 0 amide bonds. The van der Waals surface area contributed by atoms with Crippen molar-refractivity contribution in [3.05, 3.63) is 0 Å². The first-order valence-corrected chi connectivity index (χ1v) is 21.1. The van der Waals surface area contributed by atoms with E-state index in [-0.39, 0.29) is 16.6 Å². The molecule has 0 aromatic carbocycles. The molecule has 0 aromatic heterocycles. The Bertz CT molecular complexity index is 260. The zero-order valence-corrected chi connectivity index (χ0v) is 23.2. The van der Waals surface area contributed by atoms with Crippen LogP contribution in [-0.2, 0) is 0 Å². The Labute approximate surface area is 178 Å². The van der Waals surface area contributed by atoms with Crippen molar-refractivity contribution in [2.45, 2.75) is 155 Å². The minimum Gasteiger partial charge on any atom is -0.0654 e. The molecular formula is C24H54Si3. The number of rotatable bonds is 20. The van der Waals surface area contributed by atoms with E-state index in [1.807, 2.05) is 0 Å². The summed E-state index contributed by atoms with van der Waals surface area (Å²) in [4.78, 5) is 0. The van der Waals surface area contributed by atoms with Crippen LogP contribution in [0.15, 0.2) is 0 Å². The molecule has 2 radical (unpaired) electrons. The molecule has 0 N–H and O–H groups in total. The molecule has 0 aliphatic heterocycles. The van der Waals surface area contributed by atoms with E-state index in [4.69, 9.17) is 0 Å². The molecular weight excluding hydrogens is 373 g/mol. The fraction of sp³-hybridized carbons (Fsp3) is 1.00. The standard InChI is InChI=1S/C24H54Si3/c1-7-13-19-25(20-14-8-2)27(23-17-11-5,24-18-12-6)26(21-15-9-3)22-16-10-4/h7-24H2,1-6H3. The molecule has 0 nitrogen and oxygen atoms in total. The maximum absolute atomic E-state index is 2.45. The fourth-order valence-electron chi connectivity index (χ4n) is 4.81. The second-order valence-electron chi connectivity index (χ2n) is 8.91. The molecule has 0 aliphatic rings. The van der Waals surface area contributed by atoms with Crippen LogP contribution in [0.5, 0.6) is 0 Å². The topological polar surface area (TPSA) is 0 Å². The van der Waals surface area contributed by atoms with Crippen LogP contribution >= 0.6 is 0 Å². The lowest BCUT2D eigenvalue weighted by Gasteiger charge is -2.45. The highest BCUT2D eigenvalue weighted by Crippen LogP contribution is 2.36. The summed E-state index contributed by atoms with van der Waals surface area (Å²) in [5.74, 6) is 0. The molecule has 0 aliphatic carbocycles. The van der Waals surface area contributed by atoms with Crippen molar-refractivity contribution in [1.82, 2.24) is 0 Å². The molecule has 0 bridgehead atoms. The normalized spacial score (nSPS) is 12.4. The van der Waals surface area contributed by atoms with E-state index in [2.05, 4.69) is 41.5 Å². The van der Waals surface area contributed by atoms with Gasteiger partial charge in [0.1, 0.15) is 0 Å². The molecule has 3 heteroatoms. The molecule has 0 rings (SSSR count). The van der Waals surface area contributed by atoms with E-state index in [0.29, 0.717) is 0 Å². The van der Waals surface area contributed by atoms with E-state index < -0.39 is 7.11 Å². The maximum atomic E-state index is 2.45. The molecule has 0 unspecified atom stereocenters. The Kier molecular flexibility index (Phi) is 19.1. The van der Waals surface area contributed by atoms with Crippen LogP contribution in [0.1, 0.15) is 119 Å². The molecule has 0 aromatic rings.